The lowest BCUT2D eigenvalue weighted by molar-refractivity contribution is -0.384. The molecule has 2 heterocycles. The molecule has 24 heavy (non-hydrogen) atoms. The highest BCUT2D eigenvalue weighted by Crippen LogP contribution is 2.30. The van der Waals surface area contributed by atoms with Gasteiger partial charge in [-0.25, -0.2) is 9.78 Å². The van der Waals surface area contributed by atoms with Crippen molar-refractivity contribution >= 4 is 29.1 Å². The molecule has 0 atom stereocenters. The molecule has 0 spiro atoms. The second-order valence-electron chi connectivity index (χ2n) is 5.25. The first-order chi connectivity index (χ1) is 11.6. The first-order valence-electron chi connectivity index (χ1n) is 7.47. The fraction of sp³-hybridized carbons (Fsp3) is 0.357. The Morgan fingerprint density at radius 1 is 1.54 bits per heavy atom. The Kier molecular flexibility index (Phi) is 4.27. The van der Waals surface area contributed by atoms with Gasteiger partial charge < -0.3 is 20.4 Å². The largest absolute Gasteiger partial charge is 0.461 e. The van der Waals surface area contributed by atoms with Crippen LogP contribution in [0.25, 0.3) is 0 Å². The molecule has 1 saturated carbocycles. The van der Waals surface area contributed by atoms with Crippen LogP contribution in [0.1, 0.15) is 30.3 Å². The summed E-state index contributed by atoms with van der Waals surface area (Å²) in [6, 6.07) is 1.77. The van der Waals surface area contributed by atoms with Crippen molar-refractivity contribution in [2.24, 2.45) is 0 Å². The number of carbonyl (C=O) groups is 1. The van der Waals surface area contributed by atoms with Gasteiger partial charge in [0.2, 0.25) is 11.8 Å². The van der Waals surface area contributed by atoms with Crippen LogP contribution in [0.5, 0.6) is 0 Å². The molecule has 0 amide bonds. The number of anilines is 3. The first kappa shape index (κ1) is 15.7. The number of aromatic amines is 1. The van der Waals surface area contributed by atoms with E-state index < -0.39 is 10.9 Å². The van der Waals surface area contributed by atoms with Crippen molar-refractivity contribution in [2.75, 3.05) is 17.2 Å². The van der Waals surface area contributed by atoms with Gasteiger partial charge in [-0.1, -0.05) is 0 Å². The average Bonchev–Trinajstić information content (AvgIpc) is 3.23. The van der Waals surface area contributed by atoms with Crippen molar-refractivity contribution in [3.05, 3.63) is 34.3 Å². The molecule has 0 saturated heterocycles. The Balaban J connectivity index is 1.77. The number of ether oxygens (including phenoxy) is 1. The van der Waals surface area contributed by atoms with Crippen LogP contribution >= 0.6 is 0 Å². The number of H-pyrrole nitrogens is 1. The van der Waals surface area contributed by atoms with Crippen LogP contribution in [-0.2, 0) is 4.74 Å². The van der Waals surface area contributed by atoms with Gasteiger partial charge in [0.15, 0.2) is 0 Å². The van der Waals surface area contributed by atoms with E-state index in [1.54, 1.807) is 19.2 Å². The van der Waals surface area contributed by atoms with E-state index in [0.29, 0.717) is 5.69 Å². The third-order valence-electron chi connectivity index (χ3n) is 3.32. The van der Waals surface area contributed by atoms with Crippen molar-refractivity contribution in [3.8, 4) is 0 Å². The van der Waals surface area contributed by atoms with Gasteiger partial charge in [-0.15, -0.1) is 0 Å². The van der Waals surface area contributed by atoms with E-state index in [2.05, 4.69) is 25.6 Å². The zero-order chi connectivity index (χ0) is 17.1. The third kappa shape index (κ3) is 3.59. The summed E-state index contributed by atoms with van der Waals surface area (Å²) in [5.41, 5.74) is 0.663. The molecular weight excluding hydrogens is 316 g/mol. The predicted octanol–water partition coefficient (Wildman–Crippen LogP) is 2.21. The van der Waals surface area contributed by atoms with Crippen molar-refractivity contribution < 1.29 is 14.5 Å². The summed E-state index contributed by atoms with van der Waals surface area (Å²) in [7, 11) is 0. The minimum atomic E-state index is -0.524. The van der Waals surface area contributed by atoms with E-state index in [1.165, 1.54) is 0 Å². The molecule has 0 unspecified atom stereocenters. The van der Waals surface area contributed by atoms with Crippen molar-refractivity contribution in [2.45, 2.75) is 25.8 Å². The Hall–Kier alpha value is -3.17. The van der Waals surface area contributed by atoms with Gasteiger partial charge >= 0.3 is 11.7 Å². The molecule has 0 bridgehead atoms. The lowest BCUT2D eigenvalue weighted by atomic mass is 10.4. The van der Waals surface area contributed by atoms with Gasteiger partial charge in [-0.3, -0.25) is 10.1 Å². The number of nitrogens with zero attached hydrogens (tertiary/aromatic N) is 3. The number of aromatic nitrogens is 3. The minimum Gasteiger partial charge on any atom is -0.461 e. The van der Waals surface area contributed by atoms with Gasteiger partial charge in [0.1, 0.15) is 11.9 Å². The van der Waals surface area contributed by atoms with Crippen LogP contribution < -0.4 is 10.6 Å². The molecule has 0 aromatic carbocycles. The molecule has 1 fully saturated rings. The number of esters is 1. The van der Waals surface area contributed by atoms with Gasteiger partial charge in [-0.05, 0) is 25.8 Å². The molecule has 1 aliphatic carbocycles. The molecular formula is C14H16N6O4. The van der Waals surface area contributed by atoms with E-state index in [1.807, 2.05) is 0 Å². The minimum absolute atomic E-state index is 0.172. The van der Waals surface area contributed by atoms with Crippen LogP contribution in [-0.4, -0.2) is 38.5 Å². The Morgan fingerprint density at radius 3 is 3.00 bits per heavy atom. The van der Waals surface area contributed by atoms with Crippen molar-refractivity contribution in [1.29, 1.82) is 0 Å². The lowest BCUT2D eigenvalue weighted by Crippen LogP contribution is -2.08. The maximum atomic E-state index is 11.6. The van der Waals surface area contributed by atoms with E-state index in [0.717, 1.165) is 19.0 Å². The SMILES string of the molecule is CCOC(=O)c1cc(Nc2ncc([N+](=O)[O-])c(NC3CC3)n2)c[nH]1. The zero-order valence-corrected chi connectivity index (χ0v) is 12.9. The highest BCUT2D eigenvalue weighted by atomic mass is 16.6. The normalized spacial score (nSPS) is 13.4. The Labute approximate surface area is 136 Å². The van der Waals surface area contributed by atoms with E-state index >= 15 is 0 Å². The number of rotatable bonds is 7. The van der Waals surface area contributed by atoms with Crippen LogP contribution in [0.4, 0.5) is 23.1 Å². The predicted molar refractivity (Wildman–Crippen MR) is 85.4 cm³/mol. The smallest absolute Gasteiger partial charge is 0.354 e. The van der Waals surface area contributed by atoms with Gasteiger partial charge in [0.05, 0.1) is 17.2 Å². The molecule has 126 valence electrons. The molecule has 0 aliphatic heterocycles. The number of nitro groups is 1. The van der Waals surface area contributed by atoms with Gasteiger partial charge in [0, 0.05) is 12.2 Å². The van der Waals surface area contributed by atoms with E-state index in [-0.39, 0.29) is 35.8 Å². The standard InChI is InChI=1S/C14H16N6O4/c1-2-24-13(21)10-5-9(6-15-10)18-14-16-7-11(20(22)23)12(19-14)17-8-3-4-8/h5-8,15H,2-4H2,1H3,(H2,16,17,18,19). The maximum Gasteiger partial charge on any atom is 0.354 e. The molecule has 10 heteroatoms. The molecule has 2 aromatic rings. The molecule has 10 nitrogen and oxygen atoms in total. The highest BCUT2D eigenvalue weighted by molar-refractivity contribution is 5.89. The summed E-state index contributed by atoms with van der Waals surface area (Å²) in [5, 5.41) is 17.0. The van der Waals surface area contributed by atoms with Crippen LogP contribution in [0, 0.1) is 10.1 Å². The number of hydrogen-bond acceptors (Lipinski definition) is 8. The Morgan fingerprint density at radius 2 is 2.33 bits per heavy atom. The quantitative estimate of drug-likeness (QED) is 0.399. The molecule has 0 radical (unpaired) electrons. The Bertz CT molecular complexity index is 770. The lowest BCUT2D eigenvalue weighted by Gasteiger charge is -2.07. The molecule has 3 N–H and O–H groups in total. The fourth-order valence-corrected chi connectivity index (χ4v) is 2.02. The second-order valence-corrected chi connectivity index (χ2v) is 5.25. The third-order valence-corrected chi connectivity index (χ3v) is 3.32. The highest BCUT2D eigenvalue weighted by Gasteiger charge is 2.26. The molecule has 2 aromatic heterocycles. The summed E-state index contributed by atoms with van der Waals surface area (Å²) in [6.07, 6.45) is 4.64. The second kappa shape index (κ2) is 6.52. The average molecular weight is 332 g/mol. The van der Waals surface area contributed by atoms with Crippen LogP contribution in [0.15, 0.2) is 18.5 Å². The first-order valence-corrected chi connectivity index (χ1v) is 7.47. The summed E-state index contributed by atoms with van der Waals surface area (Å²) >= 11 is 0. The topological polar surface area (TPSA) is 135 Å². The summed E-state index contributed by atoms with van der Waals surface area (Å²) < 4.78 is 4.89. The number of carbonyl (C=O) groups excluding carboxylic acids is 1. The van der Waals surface area contributed by atoms with Crippen LogP contribution in [0.2, 0.25) is 0 Å². The molecule has 1 aliphatic rings. The summed E-state index contributed by atoms with van der Waals surface area (Å²) in [4.78, 5) is 33.0. The van der Waals surface area contributed by atoms with Gasteiger partial charge in [-0.2, -0.15) is 4.98 Å². The summed E-state index contributed by atoms with van der Waals surface area (Å²) in [6.45, 7) is 2.00. The number of hydrogen-bond donors (Lipinski definition) is 3. The number of nitrogens with one attached hydrogen (secondary N) is 3. The van der Waals surface area contributed by atoms with Crippen LogP contribution in [0.3, 0.4) is 0 Å². The molecule has 3 rings (SSSR count). The zero-order valence-electron chi connectivity index (χ0n) is 12.9. The van der Waals surface area contributed by atoms with Gasteiger partial charge in [0.25, 0.3) is 0 Å². The maximum absolute atomic E-state index is 11.6. The monoisotopic (exact) mass is 332 g/mol. The van der Waals surface area contributed by atoms with E-state index in [9.17, 15) is 14.9 Å². The van der Waals surface area contributed by atoms with Crippen molar-refractivity contribution in [3.63, 3.8) is 0 Å². The van der Waals surface area contributed by atoms with Crippen molar-refractivity contribution in [1.82, 2.24) is 15.0 Å². The summed E-state index contributed by atoms with van der Waals surface area (Å²) in [5.74, 6) is -0.0921. The fourth-order valence-electron chi connectivity index (χ4n) is 2.02. The van der Waals surface area contributed by atoms with E-state index in [4.69, 9.17) is 4.74 Å².